The summed E-state index contributed by atoms with van der Waals surface area (Å²) in [5.41, 5.74) is 2.34. The molecule has 1 N–H and O–H groups in total. The lowest BCUT2D eigenvalue weighted by Crippen LogP contribution is -2.01. The zero-order valence-electron chi connectivity index (χ0n) is 10.8. The Labute approximate surface area is 126 Å². The van der Waals surface area contributed by atoms with E-state index in [1.165, 1.54) is 10.4 Å². The minimum absolute atomic E-state index is 0.799. The molecule has 0 bridgehead atoms. The zero-order valence-corrected chi connectivity index (χ0v) is 12.4. The molecule has 0 aliphatic rings. The number of nitrogens with zero attached hydrogens (tertiary/aromatic N) is 2. The van der Waals surface area contributed by atoms with Crippen molar-refractivity contribution in [2.45, 2.75) is 13.1 Å². The van der Waals surface area contributed by atoms with Gasteiger partial charge in [0, 0.05) is 29.5 Å². The lowest BCUT2D eigenvalue weighted by molar-refractivity contribution is 0.687. The van der Waals surface area contributed by atoms with E-state index in [9.17, 15) is 0 Å². The predicted molar refractivity (Wildman–Crippen MR) is 84.4 cm³/mol. The molecule has 0 radical (unpaired) electrons. The third-order valence-corrected chi connectivity index (χ3v) is 4.18. The van der Waals surface area contributed by atoms with Gasteiger partial charge in [-0.1, -0.05) is 23.7 Å². The van der Waals surface area contributed by atoms with Crippen molar-refractivity contribution in [1.82, 2.24) is 9.78 Å². The standard InChI is InChI=1S/C15H14ClN3S/c16-15-7-6-14(20-15)10-17-13-4-2-12(3-5-13)11-19-9-1-8-18-19/h1-9,17H,10-11H2. The van der Waals surface area contributed by atoms with Gasteiger partial charge < -0.3 is 5.32 Å². The van der Waals surface area contributed by atoms with Crippen LogP contribution >= 0.6 is 22.9 Å². The summed E-state index contributed by atoms with van der Waals surface area (Å²) in [7, 11) is 0. The summed E-state index contributed by atoms with van der Waals surface area (Å²) in [4.78, 5) is 1.23. The van der Waals surface area contributed by atoms with Crippen molar-refractivity contribution in [2.75, 3.05) is 5.32 Å². The van der Waals surface area contributed by atoms with Crippen molar-refractivity contribution < 1.29 is 0 Å². The first-order chi connectivity index (χ1) is 9.79. The molecule has 0 aliphatic heterocycles. The molecule has 1 aromatic carbocycles. The second kappa shape index (κ2) is 6.11. The van der Waals surface area contributed by atoms with Crippen LogP contribution in [0.2, 0.25) is 4.34 Å². The largest absolute Gasteiger partial charge is 0.380 e. The van der Waals surface area contributed by atoms with Crippen LogP contribution in [-0.2, 0) is 13.1 Å². The Morgan fingerprint density at radius 3 is 2.65 bits per heavy atom. The number of benzene rings is 1. The molecule has 2 aromatic heterocycles. The SMILES string of the molecule is Clc1ccc(CNc2ccc(Cn3cccn3)cc2)s1. The first-order valence-electron chi connectivity index (χ1n) is 6.34. The van der Waals surface area contributed by atoms with Crippen LogP contribution in [0.25, 0.3) is 0 Å². The zero-order chi connectivity index (χ0) is 13.8. The fourth-order valence-electron chi connectivity index (χ4n) is 1.94. The van der Waals surface area contributed by atoms with Crippen molar-refractivity contribution in [1.29, 1.82) is 0 Å². The summed E-state index contributed by atoms with van der Waals surface area (Å²) in [6.45, 7) is 1.60. The Morgan fingerprint density at radius 2 is 2.00 bits per heavy atom. The van der Waals surface area contributed by atoms with Gasteiger partial charge in [-0.3, -0.25) is 4.68 Å². The van der Waals surface area contributed by atoms with Crippen LogP contribution in [0.15, 0.2) is 54.9 Å². The number of hydrogen-bond donors (Lipinski definition) is 1. The van der Waals surface area contributed by atoms with E-state index in [1.54, 1.807) is 17.5 Å². The number of thiophene rings is 1. The van der Waals surface area contributed by atoms with Gasteiger partial charge in [0.15, 0.2) is 0 Å². The van der Waals surface area contributed by atoms with E-state index in [0.717, 1.165) is 23.1 Å². The number of hydrogen-bond acceptors (Lipinski definition) is 3. The van der Waals surface area contributed by atoms with E-state index in [1.807, 2.05) is 29.1 Å². The molecule has 0 aliphatic carbocycles. The van der Waals surface area contributed by atoms with Gasteiger partial charge in [0.05, 0.1) is 10.9 Å². The molecule has 0 amide bonds. The molecule has 0 saturated heterocycles. The molecule has 0 spiro atoms. The van der Waals surface area contributed by atoms with E-state index >= 15 is 0 Å². The van der Waals surface area contributed by atoms with Crippen molar-refractivity contribution in [3.8, 4) is 0 Å². The number of nitrogens with one attached hydrogen (secondary N) is 1. The molecule has 0 saturated carbocycles. The topological polar surface area (TPSA) is 29.9 Å². The minimum Gasteiger partial charge on any atom is -0.380 e. The Morgan fingerprint density at radius 1 is 1.15 bits per heavy atom. The van der Waals surface area contributed by atoms with Crippen molar-refractivity contribution in [2.24, 2.45) is 0 Å². The highest BCUT2D eigenvalue weighted by molar-refractivity contribution is 7.16. The van der Waals surface area contributed by atoms with Gasteiger partial charge in [-0.05, 0) is 35.9 Å². The molecule has 0 fully saturated rings. The van der Waals surface area contributed by atoms with E-state index in [-0.39, 0.29) is 0 Å². The second-order valence-corrected chi connectivity index (χ2v) is 6.26. The van der Waals surface area contributed by atoms with E-state index < -0.39 is 0 Å². The van der Waals surface area contributed by atoms with E-state index in [2.05, 4.69) is 34.7 Å². The van der Waals surface area contributed by atoms with Gasteiger partial charge in [0.25, 0.3) is 0 Å². The first kappa shape index (κ1) is 13.2. The molecule has 3 aromatic rings. The number of rotatable bonds is 5. The van der Waals surface area contributed by atoms with Gasteiger partial charge in [0.2, 0.25) is 0 Å². The monoisotopic (exact) mass is 303 g/mol. The fourth-order valence-corrected chi connectivity index (χ4v) is 2.97. The van der Waals surface area contributed by atoms with Gasteiger partial charge in [-0.2, -0.15) is 5.10 Å². The second-order valence-electron chi connectivity index (χ2n) is 4.46. The molecular weight excluding hydrogens is 290 g/mol. The lowest BCUT2D eigenvalue weighted by Gasteiger charge is -2.07. The van der Waals surface area contributed by atoms with Gasteiger partial charge in [0.1, 0.15) is 0 Å². The average Bonchev–Trinajstić information content (AvgIpc) is 3.10. The first-order valence-corrected chi connectivity index (χ1v) is 7.53. The summed E-state index contributed by atoms with van der Waals surface area (Å²) in [5.74, 6) is 0. The van der Waals surface area contributed by atoms with E-state index in [4.69, 9.17) is 11.6 Å². The smallest absolute Gasteiger partial charge is 0.0931 e. The molecule has 20 heavy (non-hydrogen) atoms. The Bertz CT molecular complexity index is 659. The maximum atomic E-state index is 5.91. The van der Waals surface area contributed by atoms with Crippen LogP contribution in [0.3, 0.4) is 0 Å². The van der Waals surface area contributed by atoms with Crippen LogP contribution in [0.4, 0.5) is 5.69 Å². The molecule has 3 nitrogen and oxygen atoms in total. The normalized spacial score (nSPS) is 10.7. The van der Waals surface area contributed by atoms with E-state index in [0.29, 0.717) is 0 Å². The number of halogens is 1. The van der Waals surface area contributed by atoms with Crippen LogP contribution in [-0.4, -0.2) is 9.78 Å². The summed E-state index contributed by atoms with van der Waals surface area (Å²) in [6, 6.07) is 14.3. The molecule has 2 heterocycles. The Kier molecular flexibility index (Phi) is 4.04. The molecule has 3 rings (SSSR count). The van der Waals surface area contributed by atoms with Crippen molar-refractivity contribution in [3.63, 3.8) is 0 Å². The highest BCUT2D eigenvalue weighted by Gasteiger charge is 1.99. The third-order valence-electron chi connectivity index (χ3n) is 2.95. The summed E-state index contributed by atoms with van der Waals surface area (Å²) in [6.07, 6.45) is 3.76. The molecular formula is C15H14ClN3S. The molecule has 102 valence electrons. The van der Waals surface area contributed by atoms with Crippen LogP contribution in [0.1, 0.15) is 10.4 Å². The summed E-state index contributed by atoms with van der Waals surface area (Å²) in [5, 5.41) is 7.59. The third kappa shape index (κ3) is 3.40. The van der Waals surface area contributed by atoms with Crippen LogP contribution < -0.4 is 5.32 Å². The maximum absolute atomic E-state index is 5.91. The van der Waals surface area contributed by atoms with Gasteiger partial charge in [-0.15, -0.1) is 11.3 Å². The minimum atomic E-state index is 0.799. The van der Waals surface area contributed by atoms with Gasteiger partial charge in [-0.25, -0.2) is 0 Å². The van der Waals surface area contributed by atoms with Crippen LogP contribution in [0, 0.1) is 0 Å². The highest BCUT2D eigenvalue weighted by Crippen LogP contribution is 2.22. The fraction of sp³-hybridized carbons (Fsp3) is 0.133. The average molecular weight is 304 g/mol. The molecule has 0 unspecified atom stereocenters. The van der Waals surface area contributed by atoms with Gasteiger partial charge >= 0.3 is 0 Å². The highest BCUT2D eigenvalue weighted by atomic mass is 35.5. The lowest BCUT2D eigenvalue weighted by atomic mass is 10.2. The molecule has 5 heteroatoms. The Balaban J connectivity index is 1.58. The summed E-state index contributed by atoms with van der Waals surface area (Å²) < 4.78 is 2.74. The quantitative estimate of drug-likeness (QED) is 0.763. The van der Waals surface area contributed by atoms with Crippen molar-refractivity contribution in [3.05, 3.63) is 69.6 Å². The number of anilines is 1. The maximum Gasteiger partial charge on any atom is 0.0931 e. The molecule has 0 atom stereocenters. The Hall–Kier alpha value is -1.78. The van der Waals surface area contributed by atoms with Crippen LogP contribution in [0.5, 0.6) is 0 Å². The predicted octanol–water partition coefficient (Wildman–Crippen LogP) is 4.26. The summed E-state index contributed by atoms with van der Waals surface area (Å²) >= 11 is 7.52. The van der Waals surface area contributed by atoms with Crippen molar-refractivity contribution >= 4 is 28.6 Å². The number of aromatic nitrogens is 2.